The third-order valence-corrected chi connectivity index (χ3v) is 6.89. The Kier molecular flexibility index (Phi) is 5.95. The summed E-state index contributed by atoms with van der Waals surface area (Å²) in [7, 11) is 0. The number of benzene rings is 1. The van der Waals surface area contributed by atoms with Crippen molar-refractivity contribution < 1.29 is 4.79 Å². The molecule has 29 heavy (non-hydrogen) atoms. The molecule has 0 aromatic heterocycles. The molecule has 3 aliphatic rings. The molecular formula is C24H33N3OS. The van der Waals surface area contributed by atoms with Gasteiger partial charge in [0.25, 0.3) is 0 Å². The highest BCUT2D eigenvalue weighted by Crippen LogP contribution is 2.34. The van der Waals surface area contributed by atoms with Crippen LogP contribution in [0, 0.1) is 5.41 Å². The molecule has 0 unspecified atom stereocenters. The van der Waals surface area contributed by atoms with E-state index >= 15 is 0 Å². The zero-order valence-corrected chi connectivity index (χ0v) is 18.5. The van der Waals surface area contributed by atoms with Crippen LogP contribution in [0.2, 0.25) is 0 Å². The maximum atomic E-state index is 12.1. The van der Waals surface area contributed by atoms with E-state index in [1.165, 1.54) is 36.8 Å². The molecular weight excluding hydrogens is 378 g/mol. The Hall–Kier alpha value is -1.88. The molecule has 1 atom stereocenters. The van der Waals surface area contributed by atoms with Gasteiger partial charge in [-0.05, 0) is 54.4 Å². The number of hydrogen-bond donors (Lipinski definition) is 2. The van der Waals surface area contributed by atoms with Crippen LogP contribution in [0.25, 0.3) is 0 Å². The Labute approximate surface area is 180 Å². The largest absolute Gasteiger partial charge is 0.386 e. The van der Waals surface area contributed by atoms with E-state index in [9.17, 15) is 4.79 Å². The molecule has 1 heterocycles. The number of nitrogens with zero attached hydrogens (tertiary/aromatic N) is 1. The Morgan fingerprint density at radius 3 is 2.72 bits per heavy atom. The first-order valence-electron chi connectivity index (χ1n) is 11.0. The van der Waals surface area contributed by atoms with Gasteiger partial charge in [-0.1, -0.05) is 51.0 Å². The van der Waals surface area contributed by atoms with Crippen LogP contribution in [0.1, 0.15) is 69.5 Å². The maximum absolute atomic E-state index is 12.1. The van der Waals surface area contributed by atoms with E-state index in [4.69, 9.17) is 12.2 Å². The number of nitrogens with one attached hydrogen (secondary N) is 2. The number of carbonyl (C=O) groups is 1. The number of hydrogen-bond acceptors (Lipinski definition) is 3. The van der Waals surface area contributed by atoms with Gasteiger partial charge in [0, 0.05) is 37.3 Å². The van der Waals surface area contributed by atoms with Gasteiger partial charge in [-0.2, -0.15) is 0 Å². The van der Waals surface area contributed by atoms with Crippen LogP contribution in [-0.2, 0) is 11.2 Å². The lowest BCUT2D eigenvalue weighted by Gasteiger charge is -2.40. The number of ketones is 1. The molecule has 4 rings (SSSR count). The first kappa shape index (κ1) is 20.4. The fourth-order valence-electron chi connectivity index (χ4n) is 5.13. The quantitative estimate of drug-likeness (QED) is 0.725. The van der Waals surface area contributed by atoms with E-state index in [0.717, 1.165) is 36.7 Å². The van der Waals surface area contributed by atoms with Gasteiger partial charge in [0.05, 0.1) is 6.04 Å². The molecule has 2 N–H and O–H groups in total. The number of fused-ring (bicyclic) bond motifs is 1. The van der Waals surface area contributed by atoms with Crippen LogP contribution >= 0.6 is 12.2 Å². The van der Waals surface area contributed by atoms with Crippen LogP contribution in [-0.4, -0.2) is 34.9 Å². The SMILES string of the molecule is CC1(C)CC(=O)C=C(NC[C@H]2c3ccccc3CCN2C(=S)NC2CCCC2)C1. The zero-order valence-electron chi connectivity index (χ0n) is 17.7. The van der Waals surface area contributed by atoms with E-state index < -0.39 is 0 Å². The van der Waals surface area contributed by atoms with Gasteiger partial charge in [0.1, 0.15) is 0 Å². The molecule has 156 valence electrons. The first-order chi connectivity index (χ1) is 13.9. The topological polar surface area (TPSA) is 44.4 Å². The minimum atomic E-state index is 0.0255. The van der Waals surface area contributed by atoms with Gasteiger partial charge in [-0.25, -0.2) is 0 Å². The smallest absolute Gasteiger partial charge is 0.169 e. The summed E-state index contributed by atoms with van der Waals surface area (Å²) in [6.45, 7) is 6.04. The Balaban J connectivity index is 1.51. The van der Waals surface area contributed by atoms with Crippen molar-refractivity contribution in [2.24, 2.45) is 5.41 Å². The minimum absolute atomic E-state index is 0.0255. The Morgan fingerprint density at radius 1 is 1.21 bits per heavy atom. The summed E-state index contributed by atoms with van der Waals surface area (Å²) in [6.07, 6.45) is 9.41. The molecule has 0 bridgehead atoms. The summed E-state index contributed by atoms with van der Waals surface area (Å²) in [4.78, 5) is 14.5. The van der Waals surface area contributed by atoms with Crippen molar-refractivity contribution in [2.75, 3.05) is 13.1 Å². The predicted octanol–water partition coefficient (Wildman–Crippen LogP) is 4.27. The van der Waals surface area contributed by atoms with Crippen LogP contribution in [0.3, 0.4) is 0 Å². The summed E-state index contributed by atoms with van der Waals surface area (Å²) in [6, 6.07) is 9.42. The molecule has 4 nitrogen and oxygen atoms in total. The third-order valence-electron chi connectivity index (χ3n) is 6.54. The second kappa shape index (κ2) is 8.47. The molecule has 1 fully saturated rings. The molecule has 5 heteroatoms. The summed E-state index contributed by atoms with van der Waals surface area (Å²) in [5.74, 6) is 0.225. The van der Waals surface area contributed by atoms with Crippen molar-refractivity contribution >= 4 is 23.1 Å². The molecule has 2 aliphatic carbocycles. The van der Waals surface area contributed by atoms with Crippen LogP contribution in [0.5, 0.6) is 0 Å². The van der Waals surface area contributed by atoms with Crippen molar-refractivity contribution in [3.8, 4) is 0 Å². The fraction of sp³-hybridized carbons (Fsp3) is 0.583. The average Bonchev–Trinajstić information content (AvgIpc) is 3.17. The van der Waals surface area contributed by atoms with Crippen LogP contribution in [0.15, 0.2) is 36.0 Å². The maximum Gasteiger partial charge on any atom is 0.169 e. The van der Waals surface area contributed by atoms with Crippen molar-refractivity contribution in [1.29, 1.82) is 0 Å². The minimum Gasteiger partial charge on any atom is -0.386 e. The summed E-state index contributed by atoms with van der Waals surface area (Å²) >= 11 is 5.86. The molecule has 0 spiro atoms. The van der Waals surface area contributed by atoms with Crippen molar-refractivity contribution in [2.45, 2.75) is 70.9 Å². The molecule has 0 saturated heterocycles. The Morgan fingerprint density at radius 2 is 1.97 bits per heavy atom. The lowest BCUT2D eigenvalue weighted by Crippen LogP contribution is -2.50. The standard InChI is InChI=1S/C24H33N3OS/c1-24(2)14-19(13-20(28)15-24)25-16-22-21-10-6-3-7-17(21)11-12-27(22)23(29)26-18-8-4-5-9-18/h3,6-7,10,13,18,22,25H,4-5,8-9,11-12,14-16H2,1-2H3,(H,26,29)/t22-/m0/s1. The van der Waals surface area contributed by atoms with E-state index in [-0.39, 0.29) is 17.2 Å². The van der Waals surface area contributed by atoms with Crippen molar-refractivity contribution in [3.05, 3.63) is 47.2 Å². The summed E-state index contributed by atoms with van der Waals surface area (Å²) in [5, 5.41) is 8.12. The van der Waals surface area contributed by atoms with E-state index in [2.05, 4.69) is 53.6 Å². The fourth-order valence-corrected chi connectivity index (χ4v) is 5.52. The van der Waals surface area contributed by atoms with Gasteiger partial charge in [0.15, 0.2) is 10.9 Å². The van der Waals surface area contributed by atoms with Crippen LogP contribution in [0.4, 0.5) is 0 Å². The molecule has 0 amide bonds. The van der Waals surface area contributed by atoms with Crippen molar-refractivity contribution in [3.63, 3.8) is 0 Å². The highest BCUT2D eigenvalue weighted by atomic mass is 32.1. The lowest BCUT2D eigenvalue weighted by molar-refractivity contribution is -0.117. The summed E-state index contributed by atoms with van der Waals surface area (Å²) in [5.41, 5.74) is 3.85. The molecule has 0 radical (unpaired) electrons. The second-order valence-corrected chi connectivity index (χ2v) is 10.0. The normalized spacial score (nSPS) is 24.1. The number of rotatable bonds is 4. The van der Waals surface area contributed by atoms with E-state index in [0.29, 0.717) is 12.5 Å². The highest BCUT2D eigenvalue weighted by molar-refractivity contribution is 7.80. The average molecular weight is 412 g/mol. The van der Waals surface area contributed by atoms with Crippen molar-refractivity contribution in [1.82, 2.24) is 15.5 Å². The molecule has 1 aliphatic heterocycles. The van der Waals surface area contributed by atoms with Gasteiger partial charge < -0.3 is 15.5 Å². The molecule has 1 saturated carbocycles. The second-order valence-electron chi connectivity index (χ2n) is 9.62. The van der Waals surface area contributed by atoms with Crippen LogP contribution < -0.4 is 10.6 Å². The first-order valence-corrected chi connectivity index (χ1v) is 11.4. The molecule has 1 aromatic carbocycles. The monoisotopic (exact) mass is 411 g/mol. The van der Waals surface area contributed by atoms with E-state index in [1.54, 1.807) is 6.08 Å². The van der Waals surface area contributed by atoms with Gasteiger partial charge in [-0.15, -0.1) is 0 Å². The number of carbonyl (C=O) groups excluding carboxylic acids is 1. The predicted molar refractivity (Wildman–Crippen MR) is 122 cm³/mol. The third kappa shape index (κ3) is 4.82. The van der Waals surface area contributed by atoms with Gasteiger partial charge >= 0.3 is 0 Å². The zero-order chi connectivity index (χ0) is 20.4. The highest BCUT2D eigenvalue weighted by Gasteiger charge is 2.32. The summed E-state index contributed by atoms with van der Waals surface area (Å²) < 4.78 is 0. The van der Waals surface area contributed by atoms with E-state index in [1.807, 2.05) is 0 Å². The Bertz CT molecular complexity index is 810. The number of thiocarbonyl (C=S) groups is 1. The molecule has 1 aromatic rings. The lowest BCUT2D eigenvalue weighted by atomic mass is 9.79. The van der Waals surface area contributed by atoms with Gasteiger partial charge in [0.2, 0.25) is 0 Å². The number of allylic oxidation sites excluding steroid dienone is 2. The van der Waals surface area contributed by atoms with Gasteiger partial charge in [-0.3, -0.25) is 4.79 Å².